The molecule has 0 saturated carbocycles. The van der Waals surface area contributed by atoms with Gasteiger partial charge in [-0.2, -0.15) is 0 Å². The van der Waals surface area contributed by atoms with Crippen LogP contribution in [0.25, 0.3) is 0 Å². The second-order valence-electron chi connectivity index (χ2n) is 2.19. The average Bonchev–Trinajstić information content (AvgIpc) is 2.47. The monoisotopic (exact) mass is 265 g/mol. The van der Waals surface area contributed by atoms with E-state index < -0.39 is 41.5 Å². The van der Waals surface area contributed by atoms with E-state index in [0.29, 0.717) is 0 Å². The summed E-state index contributed by atoms with van der Waals surface area (Å²) >= 11 is -1.000. The standard InChI is InChI=1S/C6H3NO6Se/c8-5(9)3-1-2(7(12)13)4(14-3)6(10)11/h1H,(H,8,9)(H,10,11). The van der Waals surface area contributed by atoms with Crippen molar-refractivity contribution in [1.82, 2.24) is 0 Å². The number of carboxylic acids is 2. The summed E-state index contributed by atoms with van der Waals surface area (Å²) < 4.78 is -0.651. The zero-order valence-corrected chi connectivity index (χ0v) is 8.17. The Kier molecular flexibility index (Phi) is 2.68. The van der Waals surface area contributed by atoms with Gasteiger partial charge in [0.25, 0.3) is 0 Å². The summed E-state index contributed by atoms with van der Waals surface area (Å²) in [6, 6.07) is 0.797. The van der Waals surface area contributed by atoms with E-state index in [4.69, 9.17) is 10.2 Å². The number of nitrogens with zero attached hydrogens (tertiary/aromatic N) is 1. The van der Waals surface area contributed by atoms with Gasteiger partial charge >= 0.3 is 81.9 Å². The molecular formula is C6H3NO6Se. The summed E-state index contributed by atoms with van der Waals surface area (Å²) in [6.07, 6.45) is 0. The molecule has 1 aromatic heterocycles. The van der Waals surface area contributed by atoms with Crippen LogP contribution < -0.4 is 0 Å². The molecule has 14 heavy (non-hydrogen) atoms. The van der Waals surface area contributed by atoms with Crippen LogP contribution in [0.15, 0.2) is 6.07 Å². The maximum atomic E-state index is 10.5. The van der Waals surface area contributed by atoms with Crippen LogP contribution >= 0.6 is 0 Å². The molecule has 0 atom stereocenters. The number of rotatable bonds is 3. The molecule has 2 N–H and O–H groups in total. The second kappa shape index (κ2) is 3.60. The van der Waals surface area contributed by atoms with Crippen LogP contribution in [0.1, 0.15) is 18.5 Å². The van der Waals surface area contributed by atoms with Crippen LogP contribution in [-0.4, -0.2) is 41.6 Å². The quantitative estimate of drug-likeness (QED) is 0.452. The number of hydrogen-bond acceptors (Lipinski definition) is 4. The molecule has 1 aromatic rings. The molecule has 0 unspecified atom stereocenters. The van der Waals surface area contributed by atoms with Crippen LogP contribution in [0.5, 0.6) is 0 Å². The Balaban J connectivity index is 3.33. The first-order valence-electron chi connectivity index (χ1n) is 3.18. The van der Waals surface area contributed by atoms with Crippen LogP contribution in [-0.2, 0) is 0 Å². The Hall–Kier alpha value is -1.66. The molecule has 1 heterocycles. The van der Waals surface area contributed by atoms with E-state index in [0.717, 1.165) is 6.07 Å². The number of carbonyl (C=O) groups is 2. The van der Waals surface area contributed by atoms with E-state index in [9.17, 15) is 19.7 Å². The zero-order valence-electron chi connectivity index (χ0n) is 6.46. The summed E-state index contributed by atoms with van der Waals surface area (Å²) in [5, 5.41) is 27.4. The van der Waals surface area contributed by atoms with Gasteiger partial charge < -0.3 is 0 Å². The van der Waals surface area contributed by atoms with Crippen molar-refractivity contribution >= 4 is 32.1 Å². The van der Waals surface area contributed by atoms with Crippen molar-refractivity contribution in [1.29, 1.82) is 0 Å². The molecule has 0 aliphatic rings. The number of nitro groups is 1. The normalized spacial score (nSPS) is 9.71. The minimum atomic E-state index is -1.44. The van der Waals surface area contributed by atoms with Crippen LogP contribution in [0.4, 0.5) is 5.69 Å². The predicted molar refractivity (Wildman–Crippen MR) is 44.0 cm³/mol. The third-order valence-corrected chi connectivity index (χ3v) is 3.62. The number of carboxylic acid groups (broad SMARTS) is 2. The third-order valence-electron chi connectivity index (χ3n) is 1.31. The van der Waals surface area contributed by atoms with Gasteiger partial charge in [-0.05, 0) is 0 Å². The molecule has 0 aromatic carbocycles. The Bertz CT molecular complexity index is 390. The van der Waals surface area contributed by atoms with Gasteiger partial charge in [0.2, 0.25) is 0 Å². The molecule has 0 aliphatic carbocycles. The average molecular weight is 264 g/mol. The van der Waals surface area contributed by atoms with Gasteiger partial charge in [-0.1, -0.05) is 0 Å². The van der Waals surface area contributed by atoms with Crippen molar-refractivity contribution in [2.75, 3.05) is 0 Å². The summed E-state index contributed by atoms with van der Waals surface area (Å²) in [6.45, 7) is 0. The fourth-order valence-electron chi connectivity index (χ4n) is 0.776. The fraction of sp³-hybridized carbons (Fsp3) is 0. The Morgan fingerprint density at radius 3 is 2.21 bits per heavy atom. The molecule has 0 fully saturated rings. The van der Waals surface area contributed by atoms with E-state index >= 15 is 0 Å². The first kappa shape index (κ1) is 10.4. The molecule has 0 bridgehead atoms. The van der Waals surface area contributed by atoms with Crippen LogP contribution in [0.2, 0.25) is 0 Å². The van der Waals surface area contributed by atoms with E-state index in [1.807, 2.05) is 0 Å². The molecule has 0 spiro atoms. The SMILES string of the molecule is O=C(O)c1cc([N+](=O)[O-])c(C(=O)O)[se]1. The first-order valence-corrected chi connectivity index (χ1v) is 4.89. The van der Waals surface area contributed by atoms with Crippen molar-refractivity contribution in [2.24, 2.45) is 0 Å². The van der Waals surface area contributed by atoms with Crippen molar-refractivity contribution < 1.29 is 24.7 Å². The molecular weight excluding hydrogens is 261 g/mol. The molecule has 0 saturated heterocycles. The Morgan fingerprint density at radius 2 is 1.93 bits per heavy atom. The van der Waals surface area contributed by atoms with Crippen LogP contribution in [0, 0.1) is 10.1 Å². The van der Waals surface area contributed by atoms with Gasteiger partial charge in [-0.3, -0.25) is 0 Å². The van der Waals surface area contributed by atoms with Gasteiger partial charge in [-0.15, -0.1) is 0 Å². The van der Waals surface area contributed by atoms with E-state index in [1.165, 1.54) is 0 Å². The molecule has 0 amide bonds. The molecule has 7 nitrogen and oxygen atoms in total. The van der Waals surface area contributed by atoms with Gasteiger partial charge in [0.15, 0.2) is 0 Å². The topological polar surface area (TPSA) is 118 Å². The van der Waals surface area contributed by atoms with E-state index in [1.54, 1.807) is 0 Å². The van der Waals surface area contributed by atoms with Gasteiger partial charge in [0, 0.05) is 0 Å². The number of hydrogen-bond donors (Lipinski definition) is 2. The number of aromatic carboxylic acids is 2. The summed E-state index contributed by atoms with van der Waals surface area (Å²) in [5.41, 5.74) is -0.630. The Morgan fingerprint density at radius 1 is 1.36 bits per heavy atom. The van der Waals surface area contributed by atoms with Crippen molar-refractivity contribution in [2.45, 2.75) is 0 Å². The summed E-state index contributed by atoms with van der Waals surface area (Å²) in [7, 11) is 0. The molecule has 0 radical (unpaired) electrons. The van der Waals surface area contributed by atoms with Gasteiger partial charge in [-0.25, -0.2) is 0 Å². The van der Waals surface area contributed by atoms with Crippen molar-refractivity contribution in [3.05, 3.63) is 25.1 Å². The first-order chi connectivity index (χ1) is 6.43. The van der Waals surface area contributed by atoms with E-state index in [2.05, 4.69) is 0 Å². The third kappa shape index (κ3) is 1.81. The Labute approximate surface area is 82.5 Å². The van der Waals surface area contributed by atoms with Gasteiger partial charge in [0.05, 0.1) is 0 Å². The molecule has 74 valence electrons. The summed E-state index contributed by atoms with van der Waals surface area (Å²) in [5.74, 6) is -2.76. The fourth-order valence-corrected chi connectivity index (χ4v) is 2.46. The minimum absolute atomic E-state index is 0.221. The van der Waals surface area contributed by atoms with Crippen molar-refractivity contribution in [3.8, 4) is 0 Å². The zero-order chi connectivity index (χ0) is 10.9. The predicted octanol–water partition coefficient (Wildman–Crippen LogP) is 0.0482. The second-order valence-corrected chi connectivity index (χ2v) is 4.40. The molecule has 1 rings (SSSR count). The van der Waals surface area contributed by atoms with Gasteiger partial charge in [0.1, 0.15) is 0 Å². The summed E-state index contributed by atoms with van der Waals surface area (Å²) in [4.78, 5) is 30.4. The molecule has 8 heteroatoms. The maximum absolute atomic E-state index is 10.5. The van der Waals surface area contributed by atoms with Crippen LogP contribution in [0.3, 0.4) is 0 Å². The van der Waals surface area contributed by atoms with Crippen molar-refractivity contribution in [3.63, 3.8) is 0 Å². The van der Waals surface area contributed by atoms with E-state index in [-0.39, 0.29) is 4.44 Å². The molecule has 0 aliphatic heterocycles.